The Morgan fingerprint density at radius 2 is 2.04 bits per heavy atom. The summed E-state index contributed by atoms with van der Waals surface area (Å²) in [6.45, 7) is 3.53. The zero-order valence-electron chi connectivity index (χ0n) is 14.0. The van der Waals surface area contributed by atoms with Gasteiger partial charge in [0.25, 0.3) is 5.19 Å². The molecule has 5 rings (SSSR count). The molecule has 0 unspecified atom stereocenters. The van der Waals surface area contributed by atoms with Crippen LogP contribution in [0.1, 0.15) is 12.0 Å². The van der Waals surface area contributed by atoms with Crippen LogP contribution in [-0.4, -0.2) is 41.6 Å². The summed E-state index contributed by atoms with van der Waals surface area (Å²) < 4.78 is 7.08. The fraction of sp³-hybridized carbons (Fsp3) is 0.350. The van der Waals surface area contributed by atoms with E-state index in [4.69, 9.17) is 4.74 Å². The molecule has 0 saturated carbocycles. The summed E-state index contributed by atoms with van der Waals surface area (Å²) in [7, 11) is 0. The monoisotopic (exact) mass is 351 g/mol. The van der Waals surface area contributed by atoms with Crippen LogP contribution >= 0.6 is 11.3 Å². The minimum atomic E-state index is 0.703. The molecule has 2 fully saturated rings. The van der Waals surface area contributed by atoms with Crippen LogP contribution in [0.5, 0.6) is 10.9 Å². The molecule has 4 nitrogen and oxygen atoms in total. The Morgan fingerprint density at radius 3 is 2.80 bits per heavy atom. The number of para-hydroxylation sites is 1. The van der Waals surface area contributed by atoms with E-state index < -0.39 is 0 Å². The van der Waals surface area contributed by atoms with Crippen LogP contribution in [0, 0.1) is 0 Å². The highest BCUT2D eigenvalue weighted by atomic mass is 32.1. The highest BCUT2D eigenvalue weighted by molar-refractivity contribution is 7.20. The first-order chi connectivity index (χ1) is 12.3. The van der Waals surface area contributed by atoms with Gasteiger partial charge in [0, 0.05) is 31.7 Å². The van der Waals surface area contributed by atoms with E-state index in [2.05, 4.69) is 45.5 Å². The van der Waals surface area contributed by atoms with E-state index in [1.807, 2.05) is 18.2 Å². The lowest BCUT2D eigenvalue weighted by Crippen LogP contribution is -2.44. The molecule has 0 radical (unpaired) electrons. The van der Waals surface area contributed by atoms with E-state index in [1.54, 1.807) is 11.3 Å². The molecular formula is C20H21N3OS. The smallest absolute Gasteiger partial charge is 0.279 e. The normalized spacial score (nSPS) is 22.7. The fourth-order valence-corrected chi connectivity index (χ4v) is 4.75. The number of fused-ring (bicyclic) bond motifs is 3. The van der Waals surface area contributed by atoms with Crippen molar-refractivity contribution in [3.05, 3.63) is 54.1 Å². The molecule has 1 N–H and O–H groups in total. The average Bonchev–Trinajstić information content (AvgIpc) is 3.35. The topological polar surface area (TPSA) is 37.4 Å². The van der Waals surface area contributed by atoms with Crippen molar-refractivity contribution in [2.24, 2.45) is 0 Å². The minimum absolute atomic E-state index is 0.703. The third kappa shape index (κ3) is 3.15. The molecule has 0 spiro atoms. The number of thiazole rings is 1. The lowest BCUT2D eigenvalue weighted by Gasteiger charge is -2.27. The van der Waals surface area contributed by atoms with Crippen molar-refractivity contribution < 1.29 is 4.74 Å². The molecule has 0 aliphatic carbocycles. The fourth-order valence-electron chi connectivity index (χ4n) is 3.91. The Hall–Kier alpha value is -1.95. The van der Waals surface area contributed by atoms with Gasteiger partial charge >= 0.3 is 0 Å². The quantitative estimate of drug-likeness (QED) is 0.761. The van der Waals surface area contributed by atoms with Gasteiger partial charge in [0.15, 0.2) is 0 Å². The third-order valence-electron chi connectivity index (χ3n) is 5.26. The predicted molar refractivity (Wildman–Crippen MR) is 102 cm³/mol. The number of piperazine rings is 1. The average molecular weight is 351 g/mol. The summed E-state index contributed by atoms with van der Waals surface area (Å²) >= 11 is 1.58. The SMILES string of the molecule is c1ccc2sc(Oc3ccc(CCN4C[C@@H]5C[C@H]4CN5)cc3)nc2c1. The van der Waals surface area contributed by atoms with Crippen LogP contribution in [0.25, 0.3) is 10.2 Å². The molecular weight excluding hydrogens is 330 g/mol. The van der Waals surface area contributed by atoms with Crippen molar-refractivity contribution in [1.29, 1.82) is 0 Å². The van der Waals surface area contributed by atoms with Gasteiger partial charge in [0.1, 0.15) is 5.75 Å². The Labute approximate surface area is 151 Å². The van der Waals surface area contributed by atoms with E-state index >= 15 is 0 Å². The molecule has 2 bridgehead atoms. The molecule has 2 aliphatic heterocycles. The van der Waals surface area contributed by atoms with E-state index in [1.165, 1.54) is 25.1 Å². The van der Waals surface area contributed by atoms with Crippen molar-refractivity contribution in [3.8, 4) is 10.9 Å². The number of nitrogens with one attached hydrogen (secondary N) is 1. The maximum Gasteiger partial charge on any atom is 0.279 e. The van der Waals surface area contributed by atoms with Crippen molar-refractivity contribution in [3.63, 3.8) is 0 Å². The van der Waals surface area contributed by atoms with Crippen molar-refractivity contribution in [2.45, 2.75) is 24.9 Å². The molecule has 2 aliphatic rings. The van der Waals surface area contributed by atoms with E-state index in [-0.39, 0.29) is 0 Å². The summed E-state index contributed by atoms with van der Waals surface area (Å²) in [5.74, 6) is 0.854. The first-order valence-corrected chi connectivity index (χ1v) is 9.75. The summed E-state index contributed by atoms with van der Waals surface area (Å²) in [4.78, 5) is 7.16. The van der Waals surface area contributed by atoms with Gasteiger partial charge < -0.3 is 10.1 Å². The number of aromatic nitrogens is 1. The number of hydrogen-bond donors (Lipinski definition) is 1. The van der Waals surface area contributed by atoms with Gasteiger partial charge in [-0.2, -0.15) is 0 Å². The van der Waals surface area contributed by atoms with Gasteiger partial charge in [-0.3, -0.25) is 4.90 Å². The Morgan fingerprint density at radius 1 is 1.16 bits per heavy atom. The second kappa shape index (κ2) is 6.41. The molecule has 25 heavy (non-hydrogen) atoms. The van der Waals surface area contributed by atoms with Crippen molar-refractivity contribution >= 4 is 21.6 Å². The van der Waals surface area contributed by atoms with Gasteiger partial charge in [-0.15, -0.1) is 0 Å². The lowest BCUT2D eigenvalue weighted by atomic mass is 10.1. The highest BCUT2D eigenvalue weighted by Crippen LogP contribution is 2.31. The van der Waals surface area contributed by atoms with Crippen LogP contribution in [-0.2, 0) is 6.42 Å². The molecule has 2 atom stereocenters. The summed E-state index contributed by atoms with van der Waals surface area (Å²) in [5, 5.41) is 4.26. The van der Waals surface area contributed by atoms with Crippen LogP contribution in [0.4, 0.5) is 0 Å². The minimum Gasteiger partial charge on any atom is -0.431 e. The van der Waals surface area contributed by atoms with E-state index in [9.17, 15) is 0 Å². The zero-order valence-corrected chi connectivity index (χ0v) is 14.8. The number of hydrogen-bond acceptors (Lipinski definition) is 5. The Kier molecular flexibility index (Phi) is 3.93. The van der Waals surface area contributed by atoms with Gasteiger partial charge in [0.05, 0.1) is 10.2 Å². The Bertz CT molecular complexity index is 843. The first-order valence-electron chi connectivity index (χ1n) is 8.93. The van der Waals surface area contributed by atoms with Gasteiger partial charge in [-0.1, -0.05) is 35.6 Å². The molecule has 3 aromatic rings. The largest absolute Gasteiger partial charge is 0.431 e. The maximum atomic E-state index is 5.93. The number of benzene rings is 2. The lowest BCUT2D eigenvalue weighted by molar-refractivity contribution is 0.229. The molecule has 2 aromatic carbocycles. The third-order valence-corrected chi connectivity index (χ3v) is 6.17. The second-order valence-corrected chi connectivity index (χ2v) is 7.93. The first kappa shape index (κ1) is 15.3. The van der Waals surface area contributed by atoms with Crippen molar-refractivity contribution in [1.82, 2.24) is 15.2 Å². The number of likely N-dealkylation sites (tertiary alicyclic amines) is 1. The molecule has 1 aromatic heterocycles. The number of nitrogens with zero attached hydrogens (tertiary/aromatic N) is 2. The Balaban J connectivity index is 1.21. The van der Waals surface area contributed by atoms with Gasteiger partial charge in [-0.05, 0) is 42.7 Å². The number of ether oxygens (including phenoxy) is 1. The predicted octanol–water partition coefficient (Wildman–Crippen LogP) is 3.68. The molecule has 2 saturated heterocycles. The number of rotatable bonds is 5. The summed E-state index contributed by atoms with van der Waals surface area (Å²) in [5.41, 5.74) is 2.36. The van der Waals surface area contributed by atoms with Crippen molar-refractivity contribution in [2.75, 3.05) is 19.6 Å². The van der Waals surface area contributed by atoms with Gasteiger partial charge in [-0.25, -0.2) is 4.98 Å². The molecule has 128 valence electrons. The van der Waals surface area contributed by atoms with Gasteiger partial charge in [0.2, 0.25) is 0 Å². The second-order valence-electron chi connectivity index (χ2n) is 6.93. The molecule has 0 amide bonds. The van der Waals surface area contributed by atoms with Crippen LogP contribution in [0.15, 0.2) is 48.5 Å². The highest BCUT2D eigenvalue weighted by Gasteiger charge is 2.36. The zero-order chi connectivity index (χ0) is 16.6. The van der Waals surface area contributed by atoms with Crippen LogP contribution in [0.2, 0.25) is 0 Å². The van der Waals surface area contributed by atoms with Crippen LogP contribution < -0.4 is 10.1 Å². The standard InChI is InChI=1S/C20H21N3OS/c1-2-4-19-18(3-1)22-20(25-19)24-17-7-5-14(6-8-17)9-10-23-13-15-11-16(23)12-21-15/h1-8,15-16,21H,9-13H2/t15-,16-/m0/s1. The maximum absolute atomic E-state index is 5.93. The summed E-state index contributed by atoms with van der Waals surface area (Å²) in [6.07, 6.45) is 2.43. The van der Waals surface area contributed by atoms with Crippen LogP contribution in [0.3, 0.4) is 0 Å². The molecule has 5 heteroatoms. The summed E-state index contributed by atoms with van der Waals surface area (Å²) in [6, 6.07) is 18.1. The van der Waals surface area contributed by atoms with E-state index in [0.717, 1.165) is 41.0 Å². The van der Waals surface area contributed by atoms with E-state index in [0.29, 0.717) is 5.19 Å². The molecule has 3 heterocycles.